The highest BCUT2D eigenvalue weighted by Gasteiger charge is 2.02. The molecule has 0 bridgehead atoms. The molecule has 0 heterocycles. The van der Waals surface area contributed by atoms with Crippen LogP contribution < -0.4 is 0 Å². The van der Waals surface area contributed by atoms with Crippen molar-refractivity contribution in [2.45, 2.75) is 13.0 Å². The number of rotatable bonds is 3. The van der Waals surface area contributed by atoms with Crippen molar-refractivity contribution in [2.24, 2.45) is 4.99 Å². The monoisotopic (exact) mass is 259 g/mol. The SMILES string of the molecule is C[C@@H](N=Cc1ccccc1O)c1ccc(Cl)cc1. The van der Waals surface area contributed by atoms with E-state index >= 15 is 0 Å². The van der Waals surface area contributed by atoms with Gasteiger partial charge in [0, 0.05) is 16.8 Å². The second-order valence-corrected chi connectivity index (χ2v) is 4.50. The summed E-state index contributed by atoms with van der Waals surface area (Å²) in [5.41, 5.74) is 1.81. The van der Waals surface area contributed by atoms with Gasteiger partial charge in [-0.15, -0.1) is 0 Å². The molecule has 2 rings (SSSR count). The molecule has 0 fully saturated rings. The zero-order chi connectivity index (χ0) is 13.0. The van der Waals surface area contributed by atoms with Crippen LogP contribution in [0.2, 0.25) is 5.02 Å². The predicted octanol–water partition coefficient (Wildman–Crippen LogP) is 4.23. The topological polar surface area (TPSA) is 32.6 Å². The van der Waals surface area contributed by atoms with Gasteiger partial charge in [-0.3, -0.25) is 4.99 Å². The first-order valence-corrected chi connectivity index (χ1v) is 6.11. The summed E-state index contributed by atoms with van der Waals surface area (Å²) < 4.78 is 0. The summed E-state index contributed by atoms with van der Waals surface area (Å²) in [4.78, 5) is 4.43. The molecule has 0 saturated carbocycles. The van der Waals surface area contributed by atoms with E-state index in [2.05, 4.69) is 4.99 Å². The van der Waals surface area contributed by atoms with Gasteiger partial charge < -0.3 is 5.11 Å². The lowest BCUT2D eigenvalue weighted by atomic mass is 10.1. The van der Waals surface area contributed by atoms with Crippen LogP contribution in [0.4, 0.5) is 0 Å². The van der Waals surface area contributed by atoms with Gasteiger partial charge in [0.2, 0.25) is 0 Å². The summed E-state index contributed by atoms with van der Waals surface area (Å²) >= 11 is 5.84. The standard InChI is InChI=1S/C15H14ClNO/c1-11(12-6-8-14(16)9-7-12)17-10-13-4-2-3-5-15(13)18/h2-11,18H,1H3/t11-/m1/s1. The molecule has 1 N–H and O–H groups in total. The largest absolute Gasteiger partial charge is 0.507 e. The van der Waals surface area contributed by atoms with E-state index in [4.69, 9.17) is 11.6 Å². The van der Waals surface area contributed by atoms with Gasteiger partial charge in [0.1, 0.15) is 5.75 Å². The molecule has 0 aromatic heterocycles. The third-order valence-electron chi connectivity index (χ3n) is 2.73. The Kier molecular flexibility index (Phi) is 4.00. The molecule has 2 aromatic carbocycles. The van der Waals surface area contributed by atoms with E-state index in [1.54, 1.807) is 18.3 Å². The van der Waals surface area contributed by atoms with Crippen LogP contribution in [0.3, 0.4) is 0 Å². The van der Waals surface area contributed by atoms with Gasteiger partial charge in [-0.2, -0.15) is 0 Å². The van der Waals surface area contributed by atoms with E-state index in [1.165, 1.54) is 0 Å². The third kappa shape index (κ3) is 3.11. The Morgan fingerprint density at radius 1 is 1.11 bits per heavy atom. The molecular formula is C15H14ClNO. The van der Waals surface area contributed by atoms with Crippen molar-refractivity contribution in [3.63, 3.8) is 0 Å². The second-order valence-electron chi connectivity index (χ2n) is 4.06. The molecule has 2 aromatic rings. The summed E-state index contributed by atoms with van der Waals surface area (Å²) in [6, 6.07) is 14.8. The van der Waals surface area contributed by atoms with Crippen LogP contribution in [0, 0.1) is 0 Å². The summed E-state index contributed by atoms with van der Waals surface area (Å²) in [5.74, 6) is 0.240. The number of benzene rings is 2. The zero-order valence-electron chi connectivity index (χ0n) is 10.0. The highest BCUT2D eigenvalue weighted by molar-refractivity contribution is 6.30. The van der Waals surface area contributed by atoms with Gasteiger partial charge in [0.15, 0.2) is 0 Å². The molecule has 0 unspecified atom stereocenters. The molecule has 0 aliphatic heterocycles. The van der Waals surface area contributed by atoms with Crippen molar-refractivity contribution in [1.82, 2.24) is 0 Å². The van der Waals surface area contributed by atoms with Crippen molar-refractivity contribution in [2.75, 3.05) is 0 Å². The number of hydrogen-bond donors (Lipinski definition) is 1. The minimum Gasteiger partial charge on any atom is -0.507 e. The van der Waals surface area contributed by atoms with Gasteiger partial charge >= 0.3 is 0 Å². The van der Waals surface area contributed by atoms with E-state index in [-0.39, 0.29) is 11.8 Å². The average molecular weight is 260 g/mol. The lowest BCUT2D eigenvalue weighted by Crippen LogP contribution is -1.91. The Bertz CT molecular complexity index is 549. The van der Waals surface area contributed by atoms with Crippen molar-refractivity contribution < 1.29 is 5.11 Å². The lowest BCUT2D eigenvalue weighted by molar-refractivity contribution is 0.474. The van der Waals surface area contributed by atoms with E-state index < -0.39 is 0 Å². The van der Waals surface area contributed by atoms with Gasteiger partial charge in [0.25, 0.3) is 0 Å². The van der Waals surface area contributed by atoms with Crippen LogP contribution in [0.1, 0.15) is 24.1 Å². The molecule has 18 heavy (non-hydrogen) atoms. The third-order valence-corrected chi connectivity index (χ3v) is 2.98. The fourth-order valence-electron chi connectivity index (χ4n) is 1.62. The molecule has 0 amide bonds. The van der Waals surface area contributed by atoms with Gasteiger partial charge in [-0.25, -0.2) is 0 Å². The quantitative estimate of drug-likeness (QED) is 0.822. The molecule has 0 aliphatic carbocycles. The van der Waals surface area contributed by atoms with Crippen LogP contribution in [-0.2, 0) is 0 Å². The Hall–Kier alpha value is -1.80. The van der Waals surface area contributed by atoms with Gasteiger partial charge in [0.05, 0.1) is 6.04 Å². The summed E-state index contributed by atoms with van der Waals surface area (Å²) in [6.07, 6.45) is 1.69. The minimum atomic E-state index is 0.0295. The number of aliphatic imine (C=N–C) groups is 1. The van der Waals surface area contributed by atoms with Crippen LogP contribution in [-0.4, -0.2) is 11.3 Å². The smallest absolute Gasteiger partial charge is 0.124 e. The zero-order valence-corrected chi connectivity index (χ0v) is 10.8. The molecule has 0 aliphatic rings. The first-order valence-electron chi connectivity index (χ1n) is 5.73. The fraction of sp³-hybridized carbons (Fsp3) is 0.133. The van der Waals surface area contributed by atoms with Crippen LogP contribution in [0.15, 0.2) is 53.5 Å². The van der Waals surface area contributed by atoms with Crippen molar-refractivity contribution >= 4 is 17.8 Å². The highest BCUT2D eigenvalue weighted by Crippen LogP contribution is 2.20. The minimum absolute atomic E-state index is 0.0295. The van der Waals surface area contributed by atoms with Crippen molar-refractivity contribution in [1.29, 1.82) is 0 Å². The summed E-state index contributed by atoms with van der Waals surface area (Å²) in [7, 11) is 0. The molecule has 92 valence electrons. The molecule has 0 spiro atoms. The van der Waals surface area contributed by atoms with E-state index in [0.29, 0.717) is 0 Å². The number of aromatic hydroxyl groups is 1. The lowest BCUT2D eigenvalue weighted by Gasteiger charge is -2.06. The Labute approximate surface area is 112 Å². The van der Waals surface area contributed by atoms with E-state index in [1.807, 2.05) is 43.3 Å². The van der Waals surface area contributed by atoms with Crippen molar-refractivity contribution in [3.05, 3.63) is 64.7 Å². The maximum absolute atomic E-state index is 9.62. The molecular weight excluding hydrogens is 246 g/mol. The molecule has 0 saturated heterocycles. The first kappa shape index (κ1) is 12.7. The maximum Gasteiger partial charge on any atom is 0.124 e. The highest BCUT2D eigenvalue weighted by atomic mass is 35.5. The Morgan fingerprint density at radius 2 is 1.78 bits per heavy atom. The molecule has 3 heteroatoms. The normalized spacial score (nSPS) is 12.8. The number of hydrogen-bond acceptors (Lipinski definition) is 2. The van der Waals surface area contributed by atoms with E-state index in [0.717, 1.165) is 16.1 Å². The average Bonchev–Trinajstić information content (AvgIpc) is 2.38. The predicted molar refractivity (Wildman–Crippen MR) is 75.6 cm³/mol. The summed E-state index contributed by atoms with van der Waals surface area (Å²) in [5, 5.41) is 10.3. The number of para-hydroxylation sites is 1. The number of halogens is 1. The summed E-state index contributed by atoms with van der Waals surface area (Å²) in [6.45, 7) is 2.00. The maximum atomic E-state index is 9.62. The van der Waals surface area contributed by atoms with Gasteiger partial charge in [-0.05, 0) is 36.8 Å². The van der Waals surface area contributed by atoms with Gasteiger partial charge in [-0.1, -0.05) is 35.9 Å². The van der Waals surface area contributed by atoms with Crippen molar-refractivity contribution in [3.8, 4) is 5.75 Å². The Morgan fingerprint density at radius 3 is 2.44 bits per heavy atom. The van der Waals surface area contributed by atoms with Crippen LogP contribution >= 0.6 is 11.6 Å². The molecule has 1 atom stereocenters. The number of phenols is 1. The second kappa shape index (κ2) is 5.69. The molecule has 2 nitrogen and oxygen atoms in total. The van der Waals surface area contributed by atoms with Crippen LogP contribution in [0.25, 0.3) is 0 Å². The Balaban J connectivity index is 2.14. The number of phenolic OH excluding ortho intramolecular Hbond substituents is 1. The molecule has 0 radical (unpaired) electrons. The first-order chi connectivity index (χ1) is 8.66. The number of nitrogens with zero attached hydrogens (tertiary/aromatic N) is 1. The van der Waals surface area contributed by atoms with E-state index in [9.17, 15) is 5.11 Å². The van der Waals surface area contributed by atoms with Crippen LogP contribution in [0.5, 0.6) is 5.75 Å². The fourth-order valence-corrected chi connectivity index (χ4v) is 1.74.